The fourth-order valence-electron chi connectivity index (χ4n) is 3.88. The monoisotopic (exact) mass is 450 g/mol. The van der Waals surface area contributed by atoms with Crippen molar-refractivity contribution in [1.29, 1.82) is 0 Å². The van der Waals surface area contributed by atoms with Gasteiger partial charge in [-0.1, -0.05) is 16.7 Å². The first-order valence-electron chi connectivity index (χ1n) is 9.75. The number of primary sulfonamides is 1. The molecule has 1 atom stereocenters. The van der Waals surface area contributed by atoms with Gasteiger partial charge in [0, 0.05) is 23.5 Å². The molecule has 0 spiro atoms. The molecule has 0 aromatic heterocycles. The van der Waals surface area contributed by atoms with Gasteiger partial charge in [0.2, 0.25) is 15.9 Å². The van der Waals surface area contributed by atoms with Crippen LogP contribution in [0.4, 0.5) is 17.1 Å². The fraction of sp³-hybridized carbons (Fsp3) is 0.143. The molecule has 3 aliphatic rings. The Bertz CT molecular complexity index is 1410. The highest BCUT2D eigenvalue weighted by Crippen LogP contribution is 2.39. The van der Waals surface area contributed by atoms with Crippen molar-refractivity contribution in [2.75, 3.05) is 10.6 Å². The smallest absolute Gasteiger partial charge is 0.287 e. The van der Waals surface area contributed by atoms with Crippen LogP contribution in [0.1, 0.15) is 19.4 Å². The van der Waals surface area contributed by atoms with Crippen molar-refractivity contribution in [3.05, 3.63) is 60.4 Å². The SMILES string of the molecule is CC1(C)C(=O)Nc2cc(NC3=N[N+]4(c5cccc(S(N)(=O)=O)c5)C=CN=CC4=N3)ccc21. The number of nitrogens with two attached hydrogens (primary N) is 1. The largest absolute Gasteiger partial charge is 0.325 e. The number of aliphatic imine (C=N–C) groups is 2. The van der Waals surface area contributed by atoms with Crippen molar-refractivity contribution in [1.82, 2.24) is 4.59 Å². The topological polar surface area (TPSA) is 138 Å². The maximum atomic E-state index is 12.2. The van der Waals surface area contributed by atoms with Crippen molar-refractivity contribution in [3.8, 4) is 0 Å². The number of amides is 1. The molecule has 1 unspecified atom stereocenters. The van der Waals surface area contributed by atoms with Crippen LogP contribution in [-0.4, -0.2) is 32.3 Å². The highest BCUT2D eigenvalue weighted by molar-refractivity contribution is 7.89. The predicted octanol–water partition coefficient (Wildman–Crippen LogP) is 2.22. The van der Waals surface area contributed by atoms with Gasteiger partial charge in [-0.15, -0.1) is 0 Å². The number of nitrogens with zero attached hydrogens (tertiary/aromatic N) is 4. The highest BCUT2D eigenvalue weighted by atomic mass is 32.2. The van der Waals surface area contributed by atoms with E-state index in [1.807, 2.05) is 32.0 Å². The van der Waals surface area contributed by atoms with E-state index in [1.165, 1.54) is 12.1 Å². The Morgan fingerprint density at radius 1 is 1.16 bits per heavy atom. The van der Waals surface area contributed by atoms with Gasteiger partial charge >= 0.3 is 0 Å². The van der Waals surface area contributed by atoms with Gasteiger partial charge in [0.1, 0.15) is 6.21 Å². The number of anilines is 2. The molecule has 11 heteroatoms. The number of fused-ring (bicyclic) bond motifs is 2. The molecule has 10 nitrogen and oxygen atoms in total. The number of amidine groups is 1. The lowest BCUT2D eigenvalue weighted by molar-refractivity contribution is -0.119. The summed E-state index contributed by atoms with van der Waals surface area (Å²) in [5.74, 6) is 0.737. The van der Waals surface area contributed by atoms with Crippen molar-refractivity contribution >= 4 is 51.0 Å². The van der Waals surface area contributed by atoms with Crippen molar-refractivity contribution in [2.24, 2.45) is 20.2 Å². The minimum Gasteiger partial charge on any atom is -0.325 e. The number of guanidine groups is 1. The van der Waals surface area contributed by atoms with Gasteiger partial charge in [-0.25, -0.2) is 13.6 Å². The van der Waals surface area contributed by atoms with E-state index in [0.29, 0.717) is 23.2 Å². The molecule has 5 rings (SSSR count). The first kappa shape index (κ1) is 20.2. The van der Waals surface area contributed by atoms with Crippen LogP contribution >= 0.6 is 0 Å². The average molecular weight is 451 g/mol. The maximum Gasteiger partial charge on any atom is 0.287 e. The number of carbonyl (C=O) groups excluding carboxylic acids is 1. The van der Waals surface area contributed by atoms with Gasteiger partial charge < -0.3 is 10.6 Å². The third-order valence-corrected chi connectivity index (χ3v) is 6.60. The Morgan fingerprint density at radius 3 is 2.75 bits per heavy atom. The van der Waals surface area contributed by atoms with E-state index < -0.39 is 15.4 Å². The number of hydrogen-bond donors (Lipinski definition) is 3. The fourth-order valence-corrected chi connectivity index (χ4v) is 4.43. The number of rotatable bonds is 3. The lowest BCUT2D eigenvalue weighted by Gasteiger charge is -2.24. The molecule has 1 amide bonds. The van der Waals surface area contributed by atoms with E-state index >= 15 is 0 Å². The van der Waals surface area contributed by atoms with E-state index in [0.717, 1.165) is 11.3 Å². The third-order valence-electron chi connectivity index (χ3n) is 5.69. The lowest BCUT2D eigenvalue weighted by atomic mass is 9.86. The Labute approximate surface area is 184 Å². The Morgan fingerprint density at radius 2 is 1.97 bits per heavy atom. The molecule has 2 aromatic rings. The molecule has 0 radical (unpaired) electrons. The molecule has 3 aliphatic heterocycles. The maximum absolute atomic E-state index is 12.2. The molecule has 0 fully saturated rings. The van der Waals surface area contributed by atoms with Gasteiger partial charge in [-0.2, -0.15) is 4.99 Å². The Balaban J connectivity index is 1.52. The molecule has 0 bridgehead atoms. The molecule has 32 heavy (non-hydrogen) atoms. The minimum atomic E-state index is -3.88. The summed E-state index contributed by atoms with van der Waals surface area (Å²) >= 11 is 0. The van der Waals surface area contributed by atoms with Gasteiger partial charge in [-0.05, 0) is 42.7 Å². The Kier molecular flexibility index (Phi) is 4.21. The first-order valence-corrected chi connectivity index (χ1v) is 11.3. The summed E-state index contributed by atoms with van der Waals surface area (Å²) in [6, 6.07) is 11.8. The van der Waals surface area contributed by atoms with Crippen LogP contribution < -0.4 is 20.4 Å². The average Bonchev–Trinajstić information content (AvgIpc) is 3.22. The predicted molar refractivity (Wildman–Crippen MR) is 124 cm³/mol. The van der Waals surface area contributed by atoms with E-state index in [9.17, 15) is 13.2 Å². The highest BCUT2D eigenvalue weighted by Gasteiger charge is 2.43. The number of nitrogens with one attached hydrogen (secondary N) is 2. The molecule has 4 N–H and O–H groups in total. The van der Waals surface area contributed by atoms with Crippen molar-refractivity contribution in [3.63, 3.8) is 0 Å². The van der Waals surface area contributed by atoms with E-state index in [-0.39, 0.29) is 15.4 Å². The van der Waals surface area contributed by atoms with Crippen LogP contribution in [0, 0.1) is 0 Å². The number of quaternary nitrogens is 1. The summed E-state index contributed by atoms with van der Waals surface area (Å²) in [6.45, 7) is 3.75. The number of sulfonamides is 1. The normalized spacial score (nSPS) is 22.7. The molecular formula is C21H20N7O3S+. The second kappa shape index (κ2) is 6.66. The van der Waals surface area contributed by atoms with Crippen LogP contribution in [0.2, 0.25) is 0 Å². The molecular weight excluding hydrogens is 430 g/mol. The summed E-state index contributed by atoms with van der Waals surface area (Å²) in [4.78, 5) is 20.9. The van der Waals surface area contributed by atoms with Gasteiger partial charge in [-0.3, -0.25) is 9.79 Å². The number of carbonyl (C=O) groups is 1. The van der Waals surface area contributed by atoms with Crippen LogP contribution in [-0.2, 0) is 20.2 Å². The second-order valence-electron chi connectivity index (χ2n) is 8.16. The molecule has 0 aliphatic carbocycles. The van der Waals surface area contributed by atoms with E-state index in [4.69, 9.17) is 10.2 Å². The molecule has 0 saturated carbocycles. The van der Waals surface area contributed by atoms with Crippen molar-refractivity contribution < 1.29 is 13.2 Å². The zero-order chi connectivity index (χ0) is 22.7. The molecule has 2 aromatic carbocycles. The standard InChI is InChI=1S/C21H19N7O3S/c1-21(2)16-7-6-13(10-17(16)25-19(21)29)24-20-26-18-12-23-8-9-28(18,27-20)14-4-3-5-15(11-14)32(22,30)31/h3-12H,1-2H3,(H3-,22,24,25,27,29,30,31)/p+1. The minimum absolute atomic E-state index is 0.0219. The van der Waals surface area contributed by atoms with Gasteiger partial charge in [0.05, 0.1) is 16.5 Å². The quantitative estimate of drug-likeness (QED) is 0.617. The second-order valence-corrected chi connectivity index (χ2v) is 9.72. The van der Waals surface area contributed by atoms with Crippen molar-refractivity contribution in [2.45, 2.75) is 24.2 Å². The van der Waals surface area contributed by atoms with E-state index in [2.05, 4.69) is 20.6 Å². The number of benzene rings is 2. The summed E-state index contributed by atoms with van der Waals surface area (Å²) < 4.78 is 23.5. The van der Waals surface area contributed by atoms with Crippen LogP contribution in [0.25, 0.3) is 0 Å². The Hall–Kier alpha value is -3.67. The zero-order valence-corrected chi connectivity index (χ0v) is 18.1. The van der Waals surface area contributed by atoms with Gasteiger partial charge in [0.25, 0.3) is 11.8 Å². The summed E-state index contributed by atoms with van der Waals surface area (Å²) in [7, 11) is -3.88. The molecule has 162 valence electrons. The van der Waals surface area contributed by atoms with E-state index in [1.54, 1.807) is 30.7 Å². The first-order chi connectivity index (χ1) is 15.1. The third kappa shape index (κ3) is 3.06. The van der Waals surface area contributed by atoms with Crippen LogP contribution in [0.15, 0.2) is 74.8 Å². The zero-order valence-electron chi connectivity index (χ0n) is 17.3. The lowest BCUT2D eigenvalue weighted by Crippen LogP contribution is -2.44. The van der Waals surface area contributed by atoms with Gasteiger partial charge in [0.15, 0.2) is 11.9 Å². The summed E-state index contributed by atoms with van der Waals surface area (Å²) in [6.07, 6.45) is 4.83. The van der Waals surface area contributed by atoms with Crippen LogP contribution in [0.5, 0.6) is 0 Å². The summed E-state index contributed by atoms with van der Waals surface area (Å²) in [5, 5.41) is 16.1. The number of hydrogen-bond acceptors (Lipinski definition) is 7. The summed E-state index contributed by atoms with van der Waals surface area (Å²) in [5.41, 5.74) is 2.30. The molecule has 3 heterocycles. The van der Waals surface area contributed by atoms with Crippen LogP contribution in [0.3, 0.4) is 0 Å². The molecule has 0 saturated heterocycles.